The fourth-order valence-electron chi connectivity index (χ4n) is 3.19. The lowest BCUT2D eigenvalue weighted by Gasteiger charge is -2.36. The number of nitrogens with two attached hydrogens (primary N) is 1. The third-order valence-corrected chi connectivity index (χ3v) is 4.78. The molecule has 21 heavy (non-hydrogen) atoms. The SMILES string of the molecule is CC1CCCCC1NC(=O)C(C)N1CCOC(C(N)=O)C1. The Morgan fingerprint density at radius 1 is 1.33 bits per heavy atom. The van der Waals surface area contributed by atoms with Crippen LogP contribution >= 0.6 is 0 Å². The summed E-state index contributed by atoms with van der Waals surface area (Å²) in [5.74, 6) is 0.116. The van der Waals surface area contributed by atoms with Crippen LogP contribution in [0.15, 0.2) is 0 Å². The number of nitrogens with zero attached hydrogens (tertiary/aromatic N) is 1. The van der Waals surface area contributed by atoms with E-state index in [1.807, 2.05) is 11.8 Å². The summed E-state index contributed by atoms with van der Waals surface area (Å²) in [6.07, 6.45) is 4.08. The molecule has 0 radical (unpaired) electrons. The molecule has 1 aliphatic carbocycles. The van der Waals surface area contributed by atoms with Crippen LogP contribution in [0.1, 0.15) is 39.5 Å². The number of carbonyl (C=O) groups is 2. The van der Waals surface area contributed by atoms with Gasteiger partial charge in [0.05, 0.1) is 12.6 Å². The largest absolute Gasteiger partial charge is 0.367 e. The van der Waals surface area contributed by atoms with Crippen molar-refractivity contribution in [3.8, 4) is 0 Å². The van der Waals surface area contributed by atoms with Gasteiger partial charge in [0.25, 0.3) is 0 Å². The Morgan fingerprint density at radius 2 is 2.05 bits per heavy atom. The maximum Gasteiger partial charge on any atom is 0.247 e. The van der Waals surface area contributed by atoms with Crippen molar-refractivity contribution >= 4 is 11.8 Å². The Bertz CT molecular complexity index is 388. The Morgan fingerprint density at radius 3 is 2.71 bits per heavy atom. The van der Waals surface area contributed by atoms with Gasteiger partial charge in [-0.05, 0) is 25.7 Å². The molecule has 120 valence electrons. The number of morpholine rings is 1. The lowest BCUT2D eigenvalue weighted by atomic mass is 9.86. The topological polar surface area (TPSA) is 84.7 Å². The minimum Gasteiger partial charge on any atom is -0.367 e. The number of hydrogen-bond acceptors (Lipinski definition) is 4. The maximum absolute atomic E-state index is 12.4. The molecule has 1 heterocycles. The maximum atomic E-state index is 12.4. The Labute approximate surface area is 126 Å². The smallest absolute Gasteiger partial charge is 0.247 e. The normalized spacial score (nSPS) is 32.4. The molecular weight excluding hydrogens is 270 g/mol. The van der Waals surface area contributed by atoms with E-state index in [1.165, 1.54) is 19.3 Å². The van der Waals surface area contributed by atoms with Gasteiger partial charge in [-0.25, -0.2) is 0 Å². The van der Waals surface area contributed by atoms with E-state index in [1.54, 1.807) is 0 Å². The predicted molar refractivity (Wildman–Crippen MR) is 79.5 cm³/mol. The monoisotopic (exact) mass is 297 g/mol. The first-order valence-corrected chi connectivity index (χ1v) is 7.94. The predicted octanol–water partition coefficient (Wildman–Crippen LogP) is 0.256. The van der Waals surface area contributed by atoms with Crippen molar-refractivity contribution in [2.75, 3.05) is 19.7 Å². The van der Waals surface area contributed by atoms with Gasteiger partial charge in [0.15, 0.2) is 0 Å². The lowest BCUT2D eigenvalue weighted by Crippen LogP contribution is -2.56. The van der Waals surface area contributed by atoms with Gasteiger partial charge in [-0.2, -0.15) is 0 Å². The van der Waals surface area contributed by atoms with E-state index >= 15 is 0 Å². The minimum absolute atomic E-state index is 0.0406. The van der Waals surface area contributed by atoms with Gasteiger partial charge in [-0.3, -0.25) is 14.5 Å². The average molecular weight is 297 g/mol. The van der Waals surface area contributed by atoms with Crippen LogP contribution in [0, 0.1) is 5.92 Å². The number of nitrogens with one attached hydrogen (secondary N) is 1. The molecule has 0 aromatic rings. The first-order valence-electron chi connectivity index (χ1n) is 7.94. The van der Waals surface area contributed by atoms with E-state index in [0.29, 0.717) is 25.6 Å². The lowest BCUT2D eigenvalue weighted by molar-refractivity contribution is -0.140. The van der Waals surface area contributed by atoms with E-state index in [0.717, 1.165) is 6.42 Å². The van der Waals surface area contributed by atoms with Crippen LogP contribution in [0.3, 0.4) is 0 Å². The molecule has 2 amide bonds. The molecule has 0 aromatic heterocycles. The van der Waals surface area contributed by atoms with Crippen LogP contribution in [0.25, 0.3) is 0 Å². The first-order chi connectivity index (χ1) is 9.99. The summed E-state index contributed by atoms with van der Waals surface area (Å²) in [6, 6.07) is 0.0200. The van der Waals surface area contributed by atoms with Gasteiger partial charge in [0.2, 0.25) is 11.8 Å². The van der Waals surface area contributed by atoms with Gasteiger partial charge < -0.3 is 15.8 Å². The number of primary amides is 1. The standard InChI is InChI=1S/C15H27N3O3/c1-10-5-3-4-6-12(10)17-15(20)11(2)18-7-8-21-13(9-18)14(16)19/h10-13H,3-9H2,1-2H3,(H2,16,19)(H,17,20). The van der Waals surface area contributed by atoms with Crippen LogP contribution < -0.4 is 11.1 Å². The molecule has 0 bridgehead atoms. The fraction of sp³-hybridized carbons (Fsp3) is 0.867. The molecule has 2 fully saturated rings. The third-order valence-electron chi connectivity index (χ3n) is 4.78. The van der Waals surface area contributed by atoms with Gasteiger partial charge in [-0.15, -0.1) is 0 Å². The summed E-state index contributed by atoms with van der Waals surface area (Å²) in [5, 5.41) is 3.17. The Hall–Kier alpha value is -1.14. The summed E-state index contributed by atoms with van der Waals surface area (Å²) in [5.41, 5.74) is 5.28. The molecule has 3 N–H and O–H groups in total. The second kappa shape index (κ2) is 7.22. The molecule has 0 spiro atoms. The van der Waals surface area contributed by atoms with E-state index in [4.69, 9.17) is 10.5 Å². The van der Waals surface area contributed by atoms with Gasteiger partial charge in [-0.1, -0.05) is 19.8 Å². The highest BCUT2D eigenvalue weighted by Crippen LogP contribution is 2.24. The van der Waals surface area contributed by atoms with Gasteiger partial charge in [0.1, 0.15) is 6.10 Å². The van der Waals surface area contributed by atoms with Crippen molar-refractivity contribution in [3.63, 3.8) is 0 Å². The molecule has 1 saturated carbocycles. The summed E-state index contributed by atoms with van der Waals surface area (Å²) >= 11 is 0. The fourth-order valence-corrected chi connectivity index (χ4v) is 3.19. The summed E-state index contributed by atoms with van der Waals surface area (Å²) in [4.78, 5) is 25.6. The molecular formula is C15H27N3O3. The zero-order chi connectivity index (χ0) is 15.4. The van der Waals surface area contributed by atoms with E-state index in [-0.39, 0.29) is 18.0 Å². The number of rotatable bonds is 4. The number of ether oxygens (including phenoxy) is 1. The highest BCUT2D eigenvalue weighted by atomic mass is 16.5. The molecule has 1 aliphatic heterocycles. The van der Waals surface area contributed by atoms with Crippen LogP contribution in [0.5, 0.6) is 0 Å². The second-order valence-corrected chi connectivity index (χ2v) is 6.31. The van der Waals surface area contributed by atoms with E-state index in [9.17, 15) is 9.59 Å². The number of carbonyl (C=O) groups excluding carboxylic acids is 2. The van der Waals surface area contributed by atoms with Gasteiger partial charge >= 0.3 is 0 Å². The molecule has 4 atom stereocenters. The van der Waals surface area contributed by atoms with Crippen LogP contribution in [-0.2, 0) is 14.3 Å². The third kappa shape index (κ3) is 4.17. The van der Waals surface area contributed by atoms with Crippen LogP contribution in [-0.4, -0.2) is 54.6 Å². The average Bonchev–Trinajstić information content (AvgIpc) is 2.49. The van der Waals surface area contributed by atoms with E-state index in [2.05, 4.69) is 12.2 Å². The summed E-state index contributed by atoms with van der Waals surface area (Å²) in [6.45, 7) is 5.56. The number of amides is 2. The first kappa shape index (κ1) is 16.2. The van der Waals surface area contributed by atoms with Crippen molar-refractivity contribution < 1.29 is 14.3 Å². The Kier molecular flexibility index (Phi) is 5.58. The summed E-state index contributed by atoms with van der Waals surface area (Å²) in [7, 11) is 0. The summed E-state index contributed by atoms with van der Waals surface area (Å²) < 4.78 is 5.32. The Balaban J connectivity index is 1.87. The zero-order valence-corrected chi connectivity index (χ0v) is 13.0. The second-order valence-electron chi connectivity index (χ2n) is 6.31. The van der Waals surface area contributed by atoms with Gasteiger partial charge in [0, 0.05) is 19.1 Å². The van der Waals surface area contributed by atoms with E-state index < -0.39 is 12.0 Å². The van der Waals surface area contributed by atoms with Crippen LogP contribution in [0.2, 0.25) is 0 Å². The van der Waals surface area contributed by atoms with Crippen molar-refractivity contribution in [1.82, 2.24) is 10.2 Å². The quantitative estimate of drug-likeness (QED) is 0.779. The number of hydrogen-bond donors (Lipinski definition) is 2. The molecule has 6 nitrogen and oxygen atoms in total. The highest BCUT2D eigenvalue weighted by molar-refractivity contribution is 5.82. The van der Waals surface area contributed by atoms with Crippen molar-refractivity contribution in [1.29, 1.82) is 0 Å². The minimum atomic E-state index is -0.609. The van der Waals surface area contributed by atoms with Crippen molar-refractivity contribution in [2.24, 2.45) is 11.7 Å². The molecule has 1 saturated heterocycles. The highest BCUT2D eigenvalue weighted by Gasteiger charge is 2.32. The van der Waals surface area contributed by atoms with Crippen molar-refractivity contribution in [2.45, 2.75) is 57.7 Å². The molecule has 0 aromatic carbocycles. The van der Waals surface area contributed by atoms with Crippen LogP contribution in [0.4, 0.5) is 0 Å². The molecule has 4 unspecified atom stereocenters. The zero-order valence-electron chi connectivity index (χ0n) is 13.0. The molecule has 2 aliphatic rings. The molecule has 2 rings (SSSR count). The van der Waals surface area contributed by atoms with Crippen molar-refractivity contribution in [3.05, 3.63) is 0 Å². The molecule has 6 heteroatoms.